The Bertz CT molecular complexity index is 1770. The molecule has 0 bridgehead atoms. The summed E-state index contributed by atoms with van der Waals surface area (Å²) >= 11 is 0. The number of hydrogen-bond acceptors (Lipinski definition) is 8. The van der Waals surface area contributed by atoms with Crippen LogP contribution in [-0.4, -0.2) is 42.1 Å². The molecule has 0 radical (unpaired) electrons. The van der Waals surface area contributed by atoms with Gasteiger partial charge >= 0.3 is 5.97 Å². The number of nitrogens with zero attached hydrogens (tertiary/aromatic N) is 3. The molecule has 2 aliphatic rings. The molecule has 1 atom stereocenters. The lowest BCUT2D eigenvalue weighted by molar-refractivity contribution is -0.127. The van der Waals surface area contributed by atoms with Gasteiger partial charge in [0.25, 0.3) is 0 Å². The van der Waals surface area contributed by atoms with Crippen LogP contribution in [0.2, 0.25) is 0 Å². The third-order valence-electron chi connectivity index (χ3n) is 6.92. The second kappa shape index (κ2) is 13.0. The summed E-state index contributed by atoms with van der Waals surface area (Å²) in [4.78, 5) is 27.3. The molecule has 8 heteroatoms. The molecule has 43 heavy (non-hydrogen) atoms. The van der Waals surface area contributed by atoms with Gasteiger partial charge in [0.15, 0.2) is 5.71 Å². The van der Waals surface area contributed by atoms with Gasteiger partial charge in [-0.3, -0.25) is 4.99 Å². The maximum atomic E-state index is 13.0. The van der Waals surface area contributed by atoms with E-state index in [9.17, 15) is 4.79 Å². The number of oxime groups is 1. The zero-order chi connectivity index (χ0) is 29.4. The Labute approximate surface area is 249 Å². The second-order valence-electron chi connectivity index (χ2n) is 9.87. The van der Waals surface area contributed by atoms with Gasteiger partial charge in [0.05, 0.1) is 23.0 Å². The molecule has 0 saturated heterocycles. The predicted molar refractivity (Wildman–Crippen MR) is 166 cm³/mol. The van der Waals surface area contributed by atoms with E-state index >= 15 is 0 Å². The molecule has 2 heterocycles. The highest BCUT2D eigenvalue weighted by Gasteiger charge is 2.19. The van der Waals surface area contributed by atoms with Crippen LogP contribution < -0.4 is 14.2 Å². The third-order valence-corrected chi connectivity index (χ3v) is 6.92. The summed E-state index contributed by atoms with van der Waals surface area (Å²) in [5.74, 6) is 0.968. The zero-order valence-corrected chi connectivity index (χ0v) is 23.6. The van der Waals surface area contributed by atoms with Crippen LogP contribution in [0.4, 0.5) is 0 Å². The molecule has 214 valence electrons. The molecule has 6 rings (SSSR count). The van der Waals surface area contributed by atoms with Gasteiger partial charge in [-0.2, -0.15) is 0 Å². The molecule has 0 fully saturated rings. The number of allylic oxidation sites excluding steroid dienone is 3. The molecular weight excluding hydrogens is 542 g/mol. The van der Waals surface area contributed by atoms with Crippen LogP contribution in [0.1, 0.15) is 17.7 Å². The number of pyridine rings is 1. The summed E-state index contributed by atoms with van der Waals surface area (Å²) in [5, 5.41) is 4.99. The fourth-order valence-corrected chi connectivity index (χ4v) is 4.71. The fraction of sp³-hybridized carbons (Fsp3) is 0.143. The van der Waals surface area contributed by atoms with E-state index in [4.69, 9.17) is 24.0 Å². The molecular formula is C35H29N3O5. The van der Waals surface area contributed by atoms with Crippen LogP contribution in [0.25, 0.3) is 10.9 Å². The molecule has 0 spiro atoms. The number of rotatable bonds is 10. The summed E-state index contributed by atoms with van der Waals surface area (Å²) in [6.07, 6.45) is 11.1. The summed E-state index contributed by atoms with van der Waals surface area (Å²) in [5.41, 5.74) is 4.49. The van der Waals surface area contributed by atoms with E-state index in [1.54, 1.807) is 48.5 Å². The monoisotopic (exact) mass is 571 g/mol. The summed E-state index contributed by atoms with van der Waals surface area (Å²) < 4.78 is 17.4. The average molecular weight is 572 g/mol. The van der Waals surface area contributed by atoms with Crippen LogP contribution in [0.15, 0.2) is 131 Å². The Morgan fingerprint density at radius 3 is 2.42 bits per heavy atom. The molecule has 8 nitrogen and oxygen atoms in total. The first kappa shape index (κ1) is 27.7. The quantitative estimate of drug-likeness (QED) is 0.0945. The first-order valence-corrected chi connectivity index (χ1v) is 13.9. The first-order valence-electron chi connectivity index (χ1n) is 13.9. The molecule has 0 amide bonds. The van der Waals surface area contributed by atoms with Crippen molar-refractivity contribution in [2.24, 2.45) is 10.1 Å². The van der Waals surface area contributed by atoms with Gasteiger partial charge in [-0.1, -0.05) is 59.8 Å². The van der Waals surface area contributed by atoms with Crippen molar-refractivity contribution in [1.82, 2.24) is 4.98 Å². The van der Waals surface area contributed by atoms with Gasteiger partial charge in [-0.05, 0) is 66.2 Å². The van der Waals surface area contributed by atoms with Crippen LogP contribution >= 0.6 is 0 Å². The van der Waals surface area contributed by atoms with Gasteiger partial charge in [0.2, 0.25) is 0 Å². The second-order valence-corrected chi connectivity index (χ2v) is 9.87. The minimum absolute atomic E-state index is 0.0308. The summed E-state index contributed by atoms with van der Waals surface area (Å²) in [7, 11) is 1.38. The number of hydrogen-bond donors (Lipinski definition) is 0. The van der Waals surface area contributed by atoms with Crippen molar-refractivity contribution in [3.8, 4) is 17.2 Å². The van der Waals surface area contributed by atoms with Crippen LogP contribution in [0.3, 0.4) is 0 Å². The fourth-order valence-electron chi connectivity index (χ4n) is 4.71. The largest absolute Gasteiger partial charge is 0.488 e. The van der Waals surface area contributed by atoms with Crippen molar-refractivity contribution in [1.29, 1.82) is 0 Å². The predicted octanol–water partition coefficient (Wildman–Crippen LogP) is 6.41. The molecule has 4 aromatic rings. The SMILES string of the molecule is CON=C(C(=O)Oc1ccc(OCc2ccc3ccccc3n2)cc1)c1ccc(OCC2=NC3C=CC=CC3=CC2)cc1. The highest BCUT2D eigenvalue weighted by atomic mass is 16.6. The standard InChI is InChI=1S/C35H29N3O5/c1-40-38-34(26-12-16-29(17-13-26)41-22-27-14-10-24-6-2-4-8-32(24)36-27)35(39)43-31-20-18-30(19-21-31)42-23-28-15-11-25-7-3-5-9-33(25)37-28/h2-13,15-21,32H,14,22-23H2,1H3. The van der Waals surface area contributed by atoms with E-state index in [0.29, 0.717) is 36.0 Å². The van der Waals surface area contributed by atoms with E-state index in [1.807, 2.05) is 48.6 Å². The average Bonchev–Trinajstić information content (AvgIpc) is 3.06. The lowest BCUT2D eigenvalue weighted by Gasteiger charge is -2.20. The Balaban J connectivity index is 1.03. The number of aromatic nitrogens is 1. The zero-order valence-electron chi connectivity index (χ0n) is 23.6. The van der Waals surface area contributed by atoms with Crippen molar-refractivity contribution < 1.29 is 23.8 Å². The first-order chi connectivity index (χ1) is 21.1. The van der Waals surface area contributed by atoms with Gasteiger partial charge in [0.1, 0.15) is 37.6 Å². The highest BCUT2D eigenvalue weighted by molar-refractivity contribution is 6.43. The Morgan fingerprint density at radius 1 is 0.860 bits per heavy atom. The van der Waals surface area contributed by atoms with Gasteiger partial charge in [0, 0.05) is 17.4 Å². The topological polar surface area (TPSA) is 91.6 Å². The number of esters is 1. The lowest BCUT2D eigenvalue weighted by Crippen LogP contribution is -2.22. The van der Waals surface area contributed by atoms with Crippen molar-refractivity contribution in [2.45, 2.75) is 19.1 Å². The van der Waals surface area contributed by atoms with Crippen LogP contribution in [0, 0.1) is 0 Å². The van der Waals surface area contributed by atoms with Crippen molar-refractivity contribution in [3.05, 3.63) is 132 Å². The molecule has 1 aliphatic heterocycles. The van der Waals surface area contributed by atoms with Crippen LogP contribution in [0.5, 0.6) is 17.2 Å². The number of carbonyl (C=O) groups is 1. The number of dihydropyridines is 1. The van der Waals surface area contributed by atoms with Gasteiger partial charge in [-0.15, -0.1) is 0 Å². The molecule has 1 unspecified atom stereocenters. The van der Waals surface area contributed by atoms with Crippen LogP contribution in [-0.2, 0) is 16.2 Å². The Morgan fingerprint density at radius 2 is 1.60 bits per heavy atom. The Kier molecular flexibility index (Phi) is 8.36. The van der Waals surface area contributed by atoms with E-state index in [1.165, 1.54) is 12.7 Å². The molecule has 0 saturated carbocycles. The summed E-state index contributed by atoms with van der Waals surface area (Å²) in [6, 6.07) is 25.8. The van der Waals surface area contributed by atoms with Crippen molar-refractivity contribution in [2.75, 3.05) is 13.7 Å². The van der Waals surface area contributed by atoms with Gasteiger partial charge < -0.3 is 19.0 Å². The molecule has 1 aliphatic carbocycles. The number of carbonyl (C=O) groups excluding carboxylic acids is 1. The number of ether oxygens (including phenoxy) is 3. The third kappa shape index (κ3) is 6.87. The smallest absolute Gasteiger partial charge is 0.366 e. The normalized spacial score (nSPS) is 15.7. The van der Waals surface area contributed by atoms with Crippen molar-refractivity contribution >= 4 is 28.3 Å². The Hall–Kier alpha value is -5.50. The highest BCUT2D eigenvalue weighted by Crippen LogP contribution is 2.23. The number of para-hydroxylation sites is 1. The minimum atomic E-state index is -0.654. The van der Waals surface area contributed by atoms with E-state index in [0.717, 1.165) is 28.7 Å². The molecule has 3 aromatic carbocycles. The van der Waals surface area contributed by atoms with E-state index in [2.05, 4.69) is 28.4 Å². The van der Waals surface area contributed by atoms with E-state index < -0.39 is 5.97 Å². The minimum Gasteiger partial charge on any atom is -0.488 e. The molecule has 0 N–H and O–H groups in total. The number of aliphatic imine (C=N–C) groups is 1. The van der Waals surface area contributed by atoms with Crippen molar-refractivity contribution in [3.63, 3.8) is 0 Å². The maximum Gasteiger partial charge on any atom is 0.366 e. The summed E-state index contributed by atoms with van der Waals surface area (Å²) in [6.45, 7) is 0.701. The lowest BCUT2D eigenvalue weighted by atomic mass is 9.97. The molecule has 1 aromatic heterocycles. The van der Waals surface area contributed by atoms with E-state index in [-0.39, 0.29) is 11.8 Å². The number of fused-ring (bicyclic) bond motifs is 2. The van der Waals surface area contributed by atoms with Gasteiger partial charge in [-0.25, -0.2) is 9.78 Å². The number of benzene rings is 3. The maximum absolute atomic E-state index is 13.0.